The molecule has 2 N–H and O–H groups in total. The van der Waals surface area contributed by atoms with Crippen molar-refractivity contribution in [2.24, 2.45) is 4.99 Å². The van der Waals surface area contributed by atoms with Crippen LogP contribution in [0.5, 0.6) is 5.88 Å². The third-order valence-corrected chi connectivity index (χ3v) is 3.75. The Morgan fingerprint density at radius 1 is 1.38 bits per heavy atom. The number of aromatic nitrogens is 1. The van der Waals surface area contributed by atoms with E-state index in [1.807, 2.05) is 26.1 Å². The lowest BCUT2D eigenvalue weighted by atomic mass is 9.96. The molecule has 5 nitrogen and oxygen atoms in total. The summed E-state index contributed by atoms with van der Waals surface area (Å²) in [6, 6.07) is 4.50. The fraction of sp³-hybridized carbons (Fsp3) is 0.625. The minimum absolute atomic E-state index is 0.546. The highest BCUT2D eigenvalue weighted by molar-refractivity contribution is 5.80. The number of hydrogen-bond donors (Lipinski definition) is 2. The molecule has 0 amide bonds. The van der Waals surface area contributed by atoms with Gasteiger partial charge in [0.1, 0.15) is 0 Å². The van der Waals surface area contributed by atoms with Gasteiger partial charge in [0.25, 0.3) is 0 Å². The third-order valence-electron chi connectivity index (χ3n) is 3.75. The van der Waals surface area contributed by atoms with E-state index in [9.17, 15) is 0 Å². The second kappa shape index (κ2) is 8.49. The summed E-state index contributed by atoms with van der Waals surface area (Å²) in [5.41, 5.74) is 1.05. The summed E-state index contributed by atoms with van der Waals surface area (Å²) in [5, 5.41) is 6.86. The van der Waals surface area contributed by atoms with Crippen LogP contribution in [-0.4, -0.2) is 30.6 Å². The van der Waals surface area contributed by atoms with Crippen LogP contribution in [0.1, 0.15) is 44.6 Å². The molecule has 116 valence electrons. The zero-order chi connectivity index (χ0) is 14.9. The largest absolute Gasteiger partial charge is 0.478 e. The molecule has 1 aromatic heterocycles. The van der Waals surface area contributed by atoms with Gasteiger partial charge in [0.15, 0.2) is 5.96 Å². The van der Waals surface area contributed by atoms with Gasteiger partial charge in [0.05, 0.1) is 6.61 Å². The van der Waals surface area contributed by atoms with Crippen molar-refractivity contribution in [2.75, 3.05) is 13.7 Å². The van der Waals surface area contributed by atoms with Gasteiger partial charge in [-0.25, -0.2) is 4.98 Å². The molecule has 5 heteroatoms. The molecule has 1 heterocycles. The van der Waals surface area contributed by atoms with E-state index in [0.29, 0.717) is 25.1 Å². The van der Waals surface area contributed by atoms with E-state index in [0.717, 1.165) is 11.5 Å². The first kappa shape index (κ1) is 15.6. The van der Waals surface area contributed by atoms with Crippen molar-refractivity contribution < 1.29 is 4.74 Å². The summed E-state index contributed by atoms with van der Waals surface area (Å²) < 4.78 is 5.54. The highest BCUT2D eigenvalue weighted by atomic mass is 16.5. The van der Waals surface area contributed by atoms with Crippen molar-refractivity contribution in [3.63, 3.8) is 0 Å². The molecule has 2 rings (SSSR count). The Balaban J connectivity index is 1.88. The molecule has 21 heavy (non-hydrogen) atoms. The average molecular weight is 290 g/mol. The molecule has 1 aliphatic rings. The summed E-state index contributed by atoms with van der Waals surface area (Å²) in [6.07, 6.45) is 8.20. The fourth-order valence-electron chi connectivity index (χ4n) is 2.64. The van der Waals surface area contributed by atoms with E-state index in [4.69, 9.17) is 4.74 Å². The van der Waals surface area contributed by atoms with Gasteiger partial charge in [-0.15, -0.1) is 0 Å². The van der Waals surface area contributed by atoms with Crippen LogP contribution in [0.3, 0.4) is 0 Å². The van der Waals surface area contributed by atoms with Crippen LogP contribution in [0, 0.1) is 0 Å². The van der Waals surface area contributed by atoms with Crippen LogP contribution < -0.4 is 15.4 Å². The van der Waals surface area contributed by atoms with Gasteiger partial charge in [0, 0.05) is 31.4 Å². The Kier molecular flexibility index (Phi) is 6.31. The van der Waals surface area contributed by atoms with Gasteiger partial charge in [-0.1, -0.05) is 25.3 Å². The molecular weight excluding hydrogens is 264 g/mol. The Labute approximate surface area is 127 Å². The van der Waals surface area contributed by atoms with E-state index >= 15 is 0 Å². The summed E-state index contributed by atoms with van der Waals surface area (Å²) in [6.45, 7) is 3.25. The van der Waals surface area contributed by atoms with E-state index in [1.165, 1.54) is 32.1 Å². The van der Waals surface area contributed by atoms with E-state index in [-0.39, 0.29) is 0 Å². The van der Waals surface area contributed by atoms with Gasteiger partial charge in [-0.2, -0.15) is 0 Å². The maximum absolute atomic E-state index is 5.54. The van der Waals surface area contributed by atoms with Crippen LogP contribution in [0.4, 0.5) is 0 Å². The molecule has 1 aromatic rings. The Morgan fingerprint density at radius 2 is 2.19 bits per heavy atom. The monoisotopic (exact) mass is 290 g/mol. The molecular formula is C16H26N4O. The second-order valence-electron chi connectivity index (χ2n) is 5.31. The first-order chi connectivity index (χ1) is 10.3. The van der Waals surface area contributed by atoms with Crippen LogP contribution in [0.25, 0.3) is 0 Å². The smallest absolute Gasteiger partial charge is 0.218 e. The molecule has 1 aliphatic carbocycles. The summed E-state index contributed by atoms with van der Waals surface area (Å²) >= 11 is 0. The van der Waals surface area contributed by atoms with Crippen molar-refractivity contribution in [3.8, 4) is 5.88 Å². The standard InChI is InChI=1S/C16H26N4O/c1-3-21-15-13(8-7-11-18-15)12-19-16(17-2)20-14-9-5-4-6-10-14/h7-8,11,14H,3-6,9-10,12H2,1-2H3,(H2,17,19,20). The second-order valence-corrected chi connectivity index (χ2v) is 5.31. The maximum Gasteiger partial charge on any atom is 0.218 e. The normalized spacial score (nSPS) is 16.6. The Morgan fingerprint density at radius 3 is 2.90 bits per heavy atom. The molecule has 0 atom stereocenters. The first-order valence-corrected chi connectivity index (χ1v) is 7.87. The number of nitrogens with zero attached hydrogens (tertiary/aromatic N) is 2. The zero-order valence-electron chi connectivity index (χ0n) is 13.1. The molecule has 0 saturated heterocycles. The summed E-state index contributed by atoms with van der Waals surface area (Å²) in [4.78, 5) is 8.57. The minimum atomic E-state index is 0.546. The van der Waals surface area contributed by atoms with Crippen molar-refractivity contribution in [2.45, 2.75) is 51.6 Å². The van der Waals surface area contributed by atoms with Crippen LogP contribution in [-0.2, 0) is 6.54 Å². The maximum atomic E-state index is 5.54. The molecule has 0 aliphatic heterocycles. The number of aliphatic imine (C=N–C) groups is 1. The van der Waals surface area contributed by atoms with E-state index < -0.39 is 0 Å². The highest BCUT2D eigenvalue weighted by Crippen LogP contribution is 2.17. The van der Waals surface area contributed by atoms with E-state index in [1.54, 1.807) is 6.20 Å². The van der Waals surface area contributed by atoms with Crippen molar-refractivity contribution in [1.82, 2.24) is 15.6 Å². The molecule has 1 fully saturated rings. The highest BCUT2D eigenvalue weighted by Gasteiger charge is 2.14. The van der Waals surface area contributed by atoms with Crippen molar-refractivity contribution >= 4 is 5.96 Å². The van der Waals surface area contributed by atoms with Crippen LogP contribution >= 0.6 is 0 Å². The molecule has 0 radical (unpaired) electrons. The SMILES string of the molecule is CCOc1ncccc1CNC(=NC)NC1CCCCC1. The first-order valence-electron chi connectivity index (χ1n) is 7.87. The van der Waals surface area contributed by atoms with Gasteiger partial charge in [-0.3, -0.25) is 4.99 Å². The number of pyridine rings is 1. The van der Waals surface area contributed by atoms with Crippen LogP contribution in [0.2, 0.25) is 0 Å². The lowest BCUT2D eigenvalue weighted by Gasteiger charge is -2.25. The van der Waals surface area contributed by atoms with Crippen molar-refractivity contribution in [1.29, 1.82) is 0 Å². The van der Waals surface area contributed by atoms with E-state index in [2.05, 4.69) is 20.6 Å². The summed E-state index contributed by atoms with van der Waals surface area (Å²) in [5.74, 6) is 1.55. The fourth-order valence-corrected chi connectivity index (χ4v) is 2.64. The Hall–Kier alpha value is -1.78. The number of guanidine groups is 1. The number of ether oxygens (including phenoxy) is 1. The Bertz CT molecular complexity index is 455. The lowest BCUT2D eigenvalue weighted by Crippen LogP contribution is -2.43. The molecule has 0 aromatic carbocycles. The summed E-state index contributed by atoms with van der Waals surface area (Å²) in [7, 11) is 1.81. The van der Waals surface area contributed by atoms with Gasteiger partial charge in [0.2, 0.25) is 5.88 Å². The quantitative estimate of drug-likeness (QED) is 0.646. The van der Waals surface area contributed by atoms with Gasteiger partial charge >= 0.3 is 0 Å². The third kappa shape index (κ3) is 4.92. The van der Waals surface area contributed by atoms with Gasteiger partial charge < -0.3 is 15.4 Å². The predicted molar refractivity (Wildman–Crippen MR) is 85.6 cm³/mol. The van der Waals surface area contributed by atoms with Gasteiger partial charge in [-0.05, 0) is 25.8 Å². The lowest BCUT2D eigenvalue weighted by molar-refractivity contribution is 0.322. The average Bonchev–Trinajstić information content (AvgIpc) is 2.54. The molecule has 0 unspecified atom stereocenters. The number of nitrogens with one attached hydrogen (secondary N) is 2. The molecule has 1 saturated carbocycles. The number of rotatable bonds is 5. The number of hydrogen-bond acceptors (Lipinski definition) is 3. The minimum Gasteiger partial charge on any atom is -0.478 e. The van der Waals surface area contributed by atoms with Crippen LogP contribution in [0.15, 0.2) is 23.3 Å². The topological polar surface area (TPSA) is 58.5 Å². The predicted octanol–water partition coefficient (Wildman–Crippen LogP) is 2.48. The molecule has 0 bridgehead atoms. The van der Waals surface area contributed by atoms with Crippen molar-refractivity contribution in [3.05, 3.63) is 23.9 Å². The molecule has 0 spiro atoms. The zero-order valence-corrected chi connectivity index (χ0v) is 13.1.